The Bertz CT molecular complexity index is 856. The van der Waals surface area contributed by atoms with Gasteiger partial charge < -0.3 is 14.9 Å². The van der Waals surface area contributed by atoms with E-state index in [2.05, 4.69) is 4.98 Å². The lowest BCUT2D eigenvalue weighted by Gasteiger charge is -2.03. The topological polar surface area (TPSA) is 62.6 Å². The molecule has 0 aliphatic heterocycles. The third kappa shape index (κ3) is 2.72. The summed E-state index contributed by atoms with van der Waals surface area (Å²) in [5.41, 5.74) is 2.13. The first-order chi connectivity index (χ1) is 10.7. The van der Waals surface area contributed by atoms with Crippen molar-refractivity contribution in [1.29, 1.82) is 0 Å². The number of rotatable bonds is 3. The molecule has 2 aromatic carbocycles. The molecule has 4 nitrogen and oxygen atoms in total. The van der Waals surface area contributed by atoms with Crippen LogP contribution < -0.4 is 4.74 Å². The second-order valence-corrected chi connectivity index (χ2v) is 4.85. The molecule has 22 heavy (non-hydrogen) atoms. The van der Waals surface area contributed by atoms with Crippen molar-refractivity contribution in [3.8, 4) is 17.2 Å². The number of phenols is 2. The zero-order chi connectivity index (χ0) is 15.5. The van der Waals surface area contributed by atoms with Gasteiger partial charge in [-0.3, -0.25) is 0 Å². The summed E-state index contributed by atoms with van der Waals surface area (Å²) in [5.74, 6) is 0.689. The Hall–Kier alpha value is -3.01. The molecular formula is C18H15NO3. The first-order valence-electron chi connectivity index (χ1n) is 6.81. The number of benzene rings is 2. The van der Waals surface area contributed by atoms with E-state index in [1.54, 1.807) is 24.3 Å². The highest BCUT2D eigenvalue weighted by Crippen LogP contribution is 2.27. The van der Waals surface area contributed by atoms with Crippen molar-refractivity contribution in [3.63, 3.8) is 0 Å². The maximum Gasteiger partial charge on any atom is 0.160 e. The molecule has 0 unspecified atom stereocenters. The molecule has 0 atom stereocenters. The smallest absolute Gasteiger partial charge is 0.160 e. The van der Waals surface area contributed by atoms with E-state index in [-0.39, 0.29) is 11.5 Å². The largest absolute Gasteiger partial charge is 0.506 e. The lowest BCUT2D eigenvalue weighted by molar-refractivity contribution is 0.373. The van der Waals surface area contributed by atoms with Gasteiger partial charge in [0.05, 0.1) is 12.8 Å². The third-order valence-electron chi connectivity index (χ3n) is 3.37. The molecule has 0 radical (unpaired) electrons. The predicted molar refractivity (Wildman–Crippen MR) is 87.0 cm³/mol. The number of ether oxygens (including phenoxy) is 1. The van der Waals surface area contributed by atoms with E-state index >= 15 is 0 Å². The standard InChI is InChI=1S/C18H15NO3/c1-22-17-10-6-12(11-16(17)21)5-8-14-9-7-13-3-2-4-15(20)18(13)19-14/h2-11,20-21H,1H3/b8-5+. The van der Waals surface area contributed by atoms with Crippen molar-refractivity contribution in [1.82, 2.24) is 4.98 Å². The lowest BCUT2D eigenvalue weighted by Crippen LogP contribution is -1.85. The van der Waals surface area contributed by atoms with Gasteiger partial charge >= 0.3 is 0 Å². The molecule has 0 saturated carbocycles. The van der Waals surface area contributed by atoms with E-state index in [0.29, 0.717) is 11.3 Å². The Balaban J connectivity index is 1.92. The summed E-state index contributed by atoms with van der Waals surface area (Å²) < 4.78 is 5.01. The van der Waals surface area contributed by atoms with E-state index in [1.165, 1.54) is 7.11 Å². The molecule has 0 aliphatic carbocycles. The van der Waals surface area contributed by atoms with Crippen LogP contribution in [0, 0.1) is 0 Å². The van der Waals surface area contributed by atoms with Crippen LogP contribution in [-0.2, 0) is 0 Å². The normalized spacial score (nSPS) is 11.1. The first kappa shape index (κ1) is 13.9. The fourth-order valence-corrected chi connectivity index (χ4v) is 2.23. The molecule has 3 aromatic rings. The molecule has 3 rings (SSSR count). The molecule has 110 valence electrons. The molecule has 0 bridgehead atoms. The zero-order valence-electron chi connectivity index (χ0n) is 12.0. The summed E-state index contributed by atoms with van der Waals surface area (Å²) in [6, 6.07) is 14.3. The van der Waals surface area contributed by atoms with Gasteiger partial charge in [-0.2, -0.15) is 0 Å². The van der Waals surface area contributed by atoms with Crippen LogP contribution in [0.4, 0.5) is 0 Å². The summed E-state index contributed by atoms with van der Waals surface area (Å²) in [6.45, 7) is 0. The van der Waals surface area contributed by atoms with Gasteiger partial charge in [0, 0.05) is 5.39 Å². The number of fused-ring (bicyclic) bond motifs is 1. The van der Waals surface area contributed by atoms with Crippen molar-refractivity contribution in [2.45, 2.75) is 0 Å². The quantitative estimate of drug-likeness (QED) is 0.770. The minimum absolute atomic E-state index is 0.0914. The number of pyridine rings is 1. The van der Waals surface area contributed by atoms with E-state index in [9.17, 15) is 10.2 Å². The van der Waals surface area contributed by atoms with Crippen LogP contribution in [0.15, 0.2) is 48.5 Å². The highest BCUT2D eigenvalue weighted by molar-refractivity contribution is 5.85. The van der Waals surface area contributed by atoms with Crippen molar-refractivity contribution in [3.05, 3.63) is 59.8 Å². The second kappa shape index (κ2) is 5.77. The highest BCUT2D eigenvalue weighted by atomic mass is 16.5. The van der Waals surface area contributed by atoms with Crippen molar-refractivity contribution >= 4 is 23.1 Å². The van der Waals surface area contributed by atoms with Gasteiger partial charge in [0.1, 0.15) is 11.3 Å². The van der Waals surface area contributed by atoms with Crippen LogP contribution in [0.3, 0.4) is 0 Å². The van der Waals surface area contributed by atoms with Gasteiger partial charge in [-0.05, 0) is 35.9 Å². The number of para-hydroxylation sites is 1. The molecule has 1 aromatic heterocycles. The predicted octanol–water partition coefficient (Wildman–Crippen LogP) is 3.83. The highest BCUT2D eigenvalue weighted by Gasteiger charge is 2.02. The second-order valence-electron chi connectivity index (χ2n) is 4.85. The van der Waals surface area contributed by atoms with E-state index in [4.69, 9.17) is 4.74 Å². The van der Waals surface area contributed by atoms with Gasteiger partial charge in [-0.15, -0.1) is 0 Å². The van der Waals surface area contributed by atoms with E-state index < -0.39 is 0 Å². The first-order valence-corrected chi connectivity index (χ1v) is 6.81. The van der Waals surface area contributed by atoms with Crippen LogP contribution in [-0.4, -0.2) is 22.3 Å². The molecule has 4 heteroatoms. The lowest BCUT2D eigenvalue weighted by atomic mass is 10.1. The molecule has 0 fully saturated rings. The SMILES string of the molecule is COc1ccc(/C=C/c2ccc3cccc(O)c3n2)cc1O. The van der Waals surface area contributed by atoms with Crippen LogP contribution in [0.5, 0.6) is 17.2 Å². The minimum atomic E-state index is 0.0914. The van der Waals surface area contributed by atoms with Crippen molar-refractivity contribution < 1.29 is 14.9 Å². The Morgan fingerprint density at radius 3 is 2.59 bits per heavy atom. The molecule has 0 spiro atoms. The van der Waals surface area contributed by atoms with Crippen LogP contribution in [0.2, 0.25) is 0 Å². The monoisotopic (exact) mass is 293 g/mol. The van der Waals surface area contributed by atoms with Gasteiger partial charge in [0.15, 0.2) is 11.5 Å². The average Bonchev–Trinajstić information content (AvgIpc) is 2.53. The van der Waals surface area contributed by atoms with E-state index in [0.717, 1.165) is 16.6 Å². The maximum absolute atomic E-state index is 9.84. The van der Waals surface area contributed by atoms with E-state index in [1.807, 2.05) is 36.4 Å². The Labute approximate surface area is 127 Å². The number of phenolic OH excluding ortho intramolecular Hbond substituents is 2. The molecule has 0 saturated heterocycles. The number of nitrogens with zero attached hydrogens (tertiary/aromatic N) is 1. The molecule has 1 heterocycles. The van der Waals surface area contributed by atoms with Crippen LogP contribution >= 0.6 is 0 Å². The molecular weight excluding hydrogens is 278 g/mol. The van der Waals surface area contributed by atoms with Crippen LogP contribution in [0.1, 0.15) is 11.3 Å². The summed E-state index contributed by atoms with van der Waals surface area (Å²) in [4.78, 5) is 4.42. The number of aromatic hydroxyl groups is 2. The average molecular weight is 293 g/mol. The van der Waals surface area contributed by atoms with Crippen molar-refractivity contribution in [2.24, 2.45) is 0 Å². The fraction of sp³-hybridized carbons (Fsp3) is 0.0556. The molecule has 2 N–H and O–H groups in total. The fourth-order valence-electron chi connectivity index (χ4n) is 2.23. The summed E-state index contributed by atoms with van der Waals surface area (Å²) in [6.07, 6.45) is 3.67. The number of hydrogen-bond acceptors (Lipinski definition) is 4. The molecule has 0 amide bonds. The summed E-state index contributed by atoms with van der Waals surface area (Å²) in [5, 5.41) is 20.5. The van der Waals surface area contributed by atoms with Gasteiger partial charge in [-0.1, -0.05) is 30.3 Å². The van der Waals surface area contributed by atoms with Crippen molar-refractivity contribution in [2.75, 3.05) is 7.11 Å². The third-order valence-corrected chi connectivity index (χ3v) is 3.37. The zero-order valence-corrected chi connectivity index (χ0v) is 12.0. The van der Waals surface area contributed by atoms with Gasteiger partial charge in [0.25, 0.3) is 0 Å². The Morgan fingerprint density at radius 2 is 1.82 bits per heavy atom. The number of aromatic nitrogens is 1. The van der Waals surface area contributed by atoms with Gasteiger partial charge in [-0.25, -0.2) is 4.98 Å². The summed E-state index contributed by atoms with van der Waals surface area (Å²) in [7, 11) is 1.51. The molecule has 0 aliphatic rings. The summed E-state index contributed by atoms with van der Waals surface area (Å²) >= 11 is 0. The number of hydrogen-bond donors (Lipinski definition) is 2. The van der Waals surface area contributed by atoms with Gasteiger partial charge in [0.2, 0.25) is 0 Å². The minimum Gasteiger partial charge on any atom is -0.506 e. The Kier molecular flexibility index (Phi) is 3.66. The Morgan fingerprint density at radius 1 is 0.955 bits per heavy atom. The maximum atomic E-state index is 9.84. The number of methoxy groups -OCH3 is 1. The van der Waals surface area contributed by atoms with Crippen LogP contribution in [0.25, 0.3) is 23.1 Å².